The van der Waals surface area contributed by atoms with Gasteiger partial charge in [-0.1, -0.05) is 48.0 Å². The van der Waals surface area contributed by atoms with E-state index in [4.69, 9.17) is 11.6 Å². The molecule has 2 aromatic carbocycles. The summed E-state index contributed by atoms with van der Waals surface area (Å²) >= 11 is 5.99. The van der Waals surface area contributed by atoms with Crippen LogP contribution in [0.3, 0.4) is 0 Å². The second-order valence-electron chi connectivity index (χ2n) is 4.94. The van der Waals surface area contributed by atoms with Crippen LogP contribution in [0.4, 0.5) is 0 Å². The predicted molar refractivity (Wildman–Crippen MR) is 85.1 cm³/mol. The molecule has 0 bridgehead atoms. The second kappa shape index (κ2) is 5.12. The van der Waals surface area contributed by atoms with Gasteiger partial charge in [-0.2, -0.15) is 0 Å². The average molecular weight is 305 g/mol. The maximum atomic E-state index is 5.99. The van der Waals surface area contributed by atoms with Crippen LogP contribution in [-0.2, 0) is 0 Å². The third-order valence-corrected chi connectivity index (χ3v) is 4.12. The smallest absolute Gasteiger partial charge is 0.132 e. The molecule has 0 aliphatic carbocycles. The maximum absolute atomic E-state index is 5.99. The van der Waals surface area contributed by atoms with E-state index in [2.05, 4.69) is 46.3 Å². The molecule has 0 saturated carbocycles. The lowest BCUT2D eigenvalue weighted by atomic mass is 9.98. The van der Waals surface area contributed by atoms with E-state index in [1.807, 2.05) is 12.1 Å². The van der Waals surface area contributed by atoms with E-state index in [1.54, 1.807) is 0 Å². The molecule has 4 rings (SSSR count). The van der Waals surface area contributed by atoms with Crippen LogP contribution in [0.15, 0.2) is 53.5 Å². The van der Waals surface area contributed by atoms with Crippen molar-refractivity contribution >= 4 is 29.8 Å². The van der Waals surface area contributed by atoms with Crippen molar-refractivity contribution in [2.75, 3.05) is 13.1 Å². The summed E-state index contributed by atoms with van der Waals surface area (Å²) in [7, 11) is 0. The molecule has 0 radical (unpaired) electrons. The number of halogens is 2. The lowest BCUT2D eigenvalue weighted by Gasteiger charge is -2.23. The van der Waals surface area contributed by atoms with Crippen LogP contribution in [0.5, 0.6) is 0 Å². The van der Waals surface area contributed by atoms with Gasteiger partial charge >= 0.3 is 0 Å². The number of hydrogen-bond donors (Lipinski definition) is 0. The van der Waals surface area contributed by atoms with E-state index in [0.717, 1.165) is 23.9 Å². The summed E-state index contributed by atoms with van der Waals surface area (Å²) in [6, 6.07) is 17.0. The minimum atomic E-state index is 0. The van der Waals surface area contributed by atoms with Crippen LogP contribution >= 0.6 is 24.0 Å². The molecule has 2 aromatic rings. The summed E-state index contributed by atoms with van der Waals surface area (Å²) in [4.78, 5) is 7.05. The molecule has 0 amide bonds. The minimum Gasteiger partial charge on any atom is -0.343 e. The van der Waals surface area contributed by atoms with Crippen LogP contribution in [0.1, 0.15) is 22.7 Å². The largest absolute Gasteiger partial charge is 0.343 e. The van der Waals surface area contributed by atoms with Crippen LogP contribution in [0.25, 0.3) is 0 Å². The highest BCUT2D eigenvalue weighted by molar-refractivity contribution is 6.30. The highest BCUT2D eigenvalue weighted by atomic mass is 35.5. The molecular formula is C16H14Cl2N2. The molecule has 20 heavy (non-hydrogen) atoms. The van der Waals surface area contributed by atoms with Crippen LogP contribution in [0.2, 0.25) is 5.02 Å². The Morgan fingerprint density at radius 2 is 1.80 bits per heavy atom. The monoisotopic (exact) mass is 304 g/mol. The zero-order chi connectivity index (χ0) is 12.8. The number of fused-ring (bicyclic) bond motifs is 3. The first-order valence-electron chi connectivity index (χ1n) is 6.50. The molecule has 0 spiro atoms. The topological polar surface area (TPSA) is 15.6 Å². The Morgan fingerprint density at radius 3 is 2.60 bits per heavy atom. The molecular weight excluding hydrogens is 291 g/mol. The van der Waals surface area contributed by atoms with Gasteiger partial charge in [0.15, 0.2) is 0 Å². The number of hydrogen-bond acceptors (Lipinski definition) is 2. The molecule has 0 fully saturated rings. The van der Waals surface area contributed by atoms with Crippen molar-refractivity contribution < 1.29 is 0 Å². The first-order chi connectivity index (χ1) is 9.34. The Hall–Kier alpha value is -1.51. The normalized spacial score (nSPS) is 19.1. The van der Waals surface area contributed by atoms with E-state index >= 15 is 0 Å². The zero-order valence-corrected chi connectivity index (χ0v) is 12.4. The lowest BCUT2D eigenvalue weighted by Crippen LogP contribution is -2.26. The fourth-order valence-corrected chi connectivity index (χ4v) is 3.19. The Kier molecular flexibility index (Phi) is 3.45. The maximum Gasteiger partial charge on any atom is 0.132 e. The lowest BCUT2D eigenvalue weighted by molar-refractivity contribution is 0.406. The van der Waals surface area contributed by atoms with Crippen molar-refractivity contribution in [3.8, 4) is 0 Å². The summed E-state index contributed by atoms with van der Waals surface area (Å²) in [5.74, 6) is 1.15. The van der Waals surface area contributed by atoms with E-state index in [1.165, 1.54) is 16.7 Å². The van der Waals surface area contributed by atoms with Gasteiger partial charge in [0, 0.05) is 17.1 Å². The molecule has 0 saturated heterocycles. The van der Waals surface area contributed by atoms with Gasteiger partial charge in [-0.15, -0.1) is 12.4 Å². The van der Waals surface area contributed by atoms with E-state index < -0.39 is 0 Å². The van der Waals surface area contributed by atoms with Gasteiger partial charge in [0.1, 0.15) is 5.84 Å². The molecule has 1 atom stereocenters. The standard InChI is InChI=1S/C16H13ClN2.ClH/c17-12-7-5-11(6-8-12)15-13-3-1-2-4-14(13)16-18-9-10-19(15)16;/h1-8,15H,9-10H2;1H. The summed E-state index contributed by atoms with van der Waals surface area (Å²) in [6.45, 7) is 1.89. The quantitative estimate of drug-likeness (QED) is 0.779. The molecule has 4 heteroatoms. The van der Waals surface area contributed by atoms with Crippen LogP contribution in [-0.4, -0.2) is 23.8 Å². The summed E-state index contributed by atoms with van der Waals surface area (Å²) in [5, 5.41) is 0.783. The fraction of sp³-hybridized carbons (Fsp3) is 0.188. The molecule has 2 nitrogen and oxygen atoms in total. The number of rotatable bonds is 1. The number of amidine groups is 1. The highest BCUT2D eigenvalue weighted by Gasteiger charge is 2.37. The van der Waals surface area contributed by atoms with Crippen molar-refractivity contribution in [3.63, 3.8) is 0 Å². The third kappa shape index (κ3) is 1.91. The first-order valence-corrected chi connectivity index (χ1v) is 6.88. The number of nitrogens with zero attached hydrogens (tertiary/aromatic N) is 2. The van der Waals surface area contributed by atoms with Crippen molar-refractivity contribution in [2.24, 2.45) is 4.99 Å². The molecule has 2 heterocycles. The second-order valence-corrected chi connectivity index (χ2v) is 5.38. The SMILES string of the molecule is Cl.Clc1ccc(C2c3ccccc3C3=NCCN32)cc1. The van der Waals surface area contributed by atoms with Gasteiger partial charge in [-0.25, -0.2) is 0 Å². The third-order valence-electron chi connectivity index (χ3n) is 3.87. The van der Waals surface area contributed by atoms with E-state index in [9.17, 15) is 0 Å². The molecule has 2 aliphatic rings. The van der Waals surface area contributed by atoms with Gasteiger partial charge in [-0.3, -0.25) is 4.99 Å². The summed E-state index contributed by atoms with van der Waals surface area (Å²) < 4.78 is 0. The zero-order valence-electron chi connectivity index (χ0n) is 10.8. The summed E-state index contributed by atoms with van der Waals surface area (Å²) in [5.41, 5.74) is 3.91. The minimum absolute atomic E-state index is 0. The predicted octanol–water partition coefficient (Wildman–Crippen LogP) is 3.93. The molecule has 0 N–H and O–H groups in total. The fourth-order valence-electron chi connectivity index (χ4n) is 3.06. The molecule has 0 aromatic heterocycles. The van der Waals surface area contributed by atoms with Gasteiger partial charge in [-0.05, 0) is 23.3 Å². The molecule has 102 valence electrons. The highest BCUT2D eigenvalue weighted by Crippen LogP contribution is 2.40. The van der Waals surface area contributed by atoms with Crippen molar-refractivity contribution in [1.29, 1.82) is 0 Å². The van der Waals surface area contributed by atoms with Gasteiger partial charge in [0.2, 0.25) is 0 Å². The van der Waals surface area contributed by atoms with Crippen molar-refractivity contribution in [2.45, 2.75) is 6.04 Å². The van der Waals surface area contributed by atoms with Crippen LogP contribution in [0, 0.1) is 0 Å². The Balaban J connectivity index is 0.00000121. The molecule has 1 unspecified atom stereocenters. The average Bonchev–Trinajstić information content (AvgIpc) is 3.00. The van der Waals surface area contributed by atoms with Gasteiger partial charge in [0.25, 0.3) is 0 Å². The summed E-state index contributed by atoms with van der Waals surface area (Å²) in [6.07, 6.45) is 0. The van der Waals surface area contributed by atoms with Crippen molar-refractivity contribution in [1.82, 2.24) is 4.90 Å². The number of benzene rings is 2. The van der Waals surface area contributed by atoms with Crippen molar-refractivity contribution in [3.05, 3.63) is 70.2 Å². The van der Waals surface area contributed by atoms with E-state index in [-0.39, 0.29) is 18.4 Å². The van der Waals surface area contributed by atoms with Gasteiger partial charge in [0.05, 0.1) is 12.6 Å². The Bertz CT molecular complexity index is 664. The Labute approximate surface area is 129 Å². The molecule has 2 aliphatic heterocycles. The van der Waals surface area contributed by atoms with E-state index in [0.29, 0.717) is 0 Å². The first kappa shape index (κ1) is 13.5. The van der Waals surface area contributed by atoms with Crippen LogP contribution < -0.4 is 0 Å². The van der Waals surface area contributed by atoms with Gasteiger partial charge < -0.3 is 4.90 Å². The number of aliphatic imine (C=N–C) groups is 1. The Morgan fingerprint density at radius 1 is 1.05 bits per heavy atom.